The van der Waals surface area contributed by atoms with Gasteiger partial charge in [0.15, 0.2) is 9.84 Å². The predicted octanol–water partition coefficient (Wildman–Crippen LogP) is -0.00640. The molecule has 7 nitrogen and oxygen atoms in total. The summed E-state index contributed by atoms with van der Waals surface area (Å²) in [6, 6.07) is 3.52. The molecule has 22 heavy (non-hydrogen) atoms. The Morgan fingerprint density at radius 3 is 2.55 bits per heavy atom. The van der Waals surface area contributed by atoms with Crippen molar-refractivity contribution in [3.63, 3.8) is 0 Å². The van der Waals surface area contributed by atoms with Crippen molar-refractivity contribution in [3.8, 4) is 0 Å². The van der Waals surface area contributed by atoms with E-state index in [4.69, 9.17) is 10.5 Å². The van der Waals surface area contributed by atoms with Gasteiger partial charge in [-0.1, -0.05) is 6.07 Å². The highest BCUT2D eigenvalue weighted by molar-refractivity contribution is 7.90. The molecule has 1 aromatic rings. The maximum atomic E-state index is 12.3. The lowest BCUT2D eigenvalue weighted by molar-refractivity contribution is -0.147. The monoisotopic (exact) mass is 326 g/mol. The number of sulfone groups is 1. The molecule has 0 fully saturated rings. The molecule has 2 atom stereocenters. The number of carbonyl (C=O) groups is 2. The van der Waals surface area contributed by atoms with Crippen LogP contribution in [0.25, 0.3) is 0 Å². The van der Waals surface area contributed by atoms with Gasteiger partial charge in [-0.15, -0.1) is 0 Å². The first-order chi connectivity index (χ1) is 10.2. The van der Waals surface area contributed by atoms with Gasteiger partial charge in [-0.25, -0.2) is 8.42 Å². The van der Waals surface area contributed by atoms with Crippen LogP contribution in [0, 0.1) is 0 Å². The fourth-order valence-electron chi connectivity index (χ4n) is 2.51. The molecule has 120 valence electrons. The normalized spacial score (nSPS) is 18.9. The molecule has 2 amide bonds. The van der Waals surface area contributed by atoms with E-state index in [0.29, 0.717) is 11.1 Å². The van der Waals surface area contributed by atoms with Crippen LogP contribution < -0.4 is 5.73 Å². The van der Waals surface area contributed by atoms with E-state index in [0.717, 1.165) is 6.26 Å². The molecule has 0 aliphatic carbocycles. The summed E-state index contributed by atoms with van der Waals surface area (Å²) in [7, 11) is -1.97. The zero-order valence-electron chi connectivity index (χ0n) is 12.6. The fraction of sp³-hybridized carbons (Fsp3) is 0.429. The number of benzene rings is 1. The lowest BCUT2D eigenvalue weighted by atomic mass is 10.0. The standard InChI is InChI=1S/C14H18N2O5S/c1-8(21-2)14(18)16-7-9-6-10(22(3,19)20)4-5-11(9)12(16)13(15)17/h4-6,8,12H,7H2,1-3H3,(H2,15,17). The van der Waals surface area contributed by atoms with Crippen molar-refractivity contribution in [2.24, 2.45) is 5.73 Å². The summed E-state index contributed by atoms with van der Waals surface area (Å²) in [5.74, 6) is -1.04. The Morgan fingerprint density at radius 1 is 1.41 bits per heavy atom. The second-order valence-corrected chi connectivity index (χ2v) is 7.30. The highest BCUT2D eigenvalue weighted by Crippen LogP contribution is 2.35. The van der Waals surface area contributed by atoms with Crippen LogP contribution in [-0.4, -0.2) is 44.6 Å². The summed E-state index contributed by atoms with van der Waals surface area (Å²) < 4.78 is 28.2. The maximum Gasteiger partial charge on any atom is 0.252 e. The van der Waals surface area contributed by atoms with E-state index in [-0.39, 0.29) is 17.3 Å². The fourth-order valence-corrected chi connectivity index (χ4v) is 3.18. The van der Waals surface area contributed by atoms with Gasteiger partial charge in [0.2, 0.25) is 5.91 Å². The Morgan fingerprint density at radius 2 is 2.05 bits per heavy atom. The first-order valence-corrected chi connectivity index (χ1v) is 8.51. The maximum absolute atomic E-state index is 12.3. The number of methoxy groups -OCH3 is 1. The van der Waals surface area contributed by atoms with Crippen LogP contribution >= 0.6 is 0 Å². The van der Waals surface area contributed by atoms with Gasteiger partial charge in [0, 0.05) is 19.9 Å². The number of fused-ring (bicyclic) bond motifs is 1. The van der Waals surface area contributed by atoms with Gasteiger partial charge in [0.1, 0.15) is 12.1 Å². The third-order valence-corrected chi connectivity index (χ3v) is 4.85. The molecule has 2 unspecified atom stereocenters. The van der Waals surface area contributed by atoms with Crippen molar-refractivity contribution >= 4 is 21.7 Å². The molecule has 1 aliphatic heterocycles. The molecule has 1 aromatic carbocycles. The zero-order valence-corrected chi connectivity index (χ0v) is 13.4. The van der Waals surface area contributed by atoms with E-state index >= 15 is 0 Å². The molecule has 0 saturated heterocycles. The number of rotatable bonds is 4. The van der Waals surface area contributed by atoms with Crippen LogP contribution in [0.2, 0.25) is 0 Å². The number of ether oxygens (including phenoxy) is 1. The minimum Gasteiger partial charge on any atom is -0.372 e. The molecule has 0 aromatic heterocycles. The highest BCUT2D eigenvalue weighted by Gasteiger charge is 2.39. The number of nitrogens with zero attached hydrogens (tertiary/aromatic N) is 1. The average molecular weight is 326 g/mol. The lowest BCUT2D eigenvalue weighted by Gasteiger charge is -2.25. The summed E-state index contributed by atoms with van der Waals surface area (Å²) >= 11 is 0. The summed E-state index contributed by atoms with van der Waals surface area (Å²) in [5.41, 5.74) is 6.57. The second-order valence-electron chi connectivity index (χ2n) is 5.28. The van der Waals surface area contributed by atoms with Gasteiger partial charge >= 0.3 is 0 Å². The second kappa shape index (κ2) is 5.69. The Kier molecular flexibility index (Phi) is 4.25. The zero-order chi connectivity index (χ0) is 16.7. The van der Waals surface area contributed by atoms with E-state index in [1.54, 1.807) is 6.92 Å². The summed E-state index contributed by atoms with van der Waals surface area (Å²) in [4.78, 5) is 25.5. The highest BCUT2D eigenvalue weighted by atomic mass is 32.2. The van der Waals surface area contributed by atoms with Crippen LogP contribution in [0.3, 0.4) is 0 Å². The average Bonchev–Trinajstić information content (AvgIpc) is 2.82. The van der Waals surface area contributed by atoms with E-state index in [1.807, 2.05) is 0 Å². The Labute approximate surface area is 129 Å². The molecule has 0 radical (unpaired) electrons. The Balaban J connectivity index is 2.47. The van der Waals surface area contributed by atoms with Crippen molar-refractivity contribution in [1.29, 1.82) is 0 Å². The summed E-state index contributed by atoms with van der Waals surface area (Å²) in [6.07, 6.45) is 0.385. The minimum absolute atomic E-state index is 0.124. The third kappa shape index (κ3) is 2.84. The first kappa shape index (κ1) is 16.4. The first-order valence-electron chi connectivity index (χ1n) is 6.62. The summed E-state index contributed by atoms with van der Waals surface area (Å²) in [6.45, 7) is 1.70. The van der Waals surface area contributed by atoms with Crippen molar-refractivity contribution < 1.29 is 22.7 Å². The smallest absolute Gasteiger partial charge is 0.252 e. The summed E-state index contributed by atoms with van der Waals surface area (Å²) in [5, 5.41) is 0. The molecule has 0 saturated carbocycles. The largest absolute Gasteiger partial charge is 0.372 e. The molecule has 2 N–H and O–H groups in total. The Hall–Kier alpha value is -1.93. The third-order valence-electron chi connectivity index (χ3n) is 3.74. The number of amides is 2. The molecular weight excluding hydrogens is 308 g/mol. The van der Waals surface area contributed by atoms with Crippen molar-refractivity contribution in [2.75, 3.05) is 13.4 Å². The van der Waals surface area contributed by atoms with Crippen molar-refractivity contribution in [2.45, 2.75) is 30.5 Å². The predicted molar refractivity (Wildman–Crippen MR) is 78.5 cm³/mol. The number of hydrogen-bond acceptors (Lipinski definition) is 5. The number of carbonyl (C=O) groups excluding carboxylic acids is 2. The van der Waals surface area contributed by atoms with Gasteiger partial charge < -0.3 is 15.4 Å². The van der Waals surface area contributed by atoms with E-state index in [9.17, 15) is 18.0 Å². The van der Waals surface area contributed by atoms with E-state index in [1.165, 1.54) is 30.2 Å². The van der Waals surface area contributed by atoms with Crippen molar-refractivity contribution in [1.82, 2.24) is 4.90 Å². The quantitative estimate of drug-likeness (QED) is 0.837. The van der Waals surface area contributed by atoms with Crippen LogP contribution in [0.5, 0.6) is 0 Å². The van der Waals surface area contributed by atoms with Crippen molar-refractivity contribution in [3.05, 3.63) is 29.3 Å². The van der Waals surface area contributed by atoms with Crippen LogP contribution in [0.15, 0.2) is 23.1 Å². The van der Waals surface area contributed by atoms with Crippen LogP contribution in [0.1, 0.15) is 24.1 Å². The van der Waals surface area contributed by atoms with Gasteiger partial charge in [-0.3, -0.25) is 9.59 Å². The van der Waals surface area contributed by atoms with Gasteiger partial charge in [0.05, 0.1) is 4.90 Å². The lowest BCUT2D eigenvalue weighted by Crippen LogP contribution is -2.42. The Bertz CT molecular complexity index is 729. The molecule has 1 aliphatic rings. The molecule has 2 rings (SSSR count). The van der Waals surface area contributed by atoms with Crippen LogP contribution in [-0.2, 0) is 30.7 Å². The molecular formula is C14H18N2O5S. The van der Waals surface area contributed by atoms with Crippen LogP contribution in [0.4, 0.5) is 0 Å². The van der Waals surface area contributed by atoms with Gasteiger partial charge in [-0.2, -0.15) is 0 Å². The van der Waals surface area contributed by atoms with E-state index < -0.39 is 27.9 Å². The topological polar surface area (TPSA) is 107 Å². The number of hydrogen-bond donors (Lipinski definition) is 1. The SMILES string of the molecule is COC(C)C(=O)N1Cc2cc(S(C)(=O)=O)ccc2C1C(N)=O. The number of nitrogens with two attached hydrogens (primary N) is 1. The molecule has 0 spiro atoms. The molecule has 1 heterocycles. The number of primary amides is 1. The van der Waals surface area contributed by atoms with Gasteiger partial charge in [-0.05, 0) is 30.2 Å². The van der Waals surface area contributed by atoms with E-state index in [2.05, 4.69) is 0 Å². The minimum atomic E-state index is -3.37. The van der Waals surface area contributed by atoms with Gasteiger partial charge in [0.25, 0.3) is 5.91 Å². The molecule has 8 heteroatoms. The molecule has 0 bridgehead atoms.